The highest BCUT2D eigenvalue weighted by molar-refractivity contribution is 5.40. The Morgan fingerprint density at radius 1 is 1.10 bits per heavy atom. The maximum absolute atomic E-state index is 5.96. The van der Waals surface area contributed by atoms with E-state index < -0.39 is 0 Å². The molecule has 1 aromatic carbocycles. The van der Waals surface area contributed by atoms with Crippen LogP contribution >= 0.6 is 0 Å². The zero-order valence-corrected chi connectivity index (χ0v) is 13.3. The Hall–Kier alpha value is -1.87. The molecule has 0 aliphatic heterocycles. The van der Waals surface area contributed by atoms with E-state index in [0.717, 1.165) is 24.4 Å². The molecular formula is C18H24N2O. The molecule has 1 aromatic heterocycles. The summed E-state index contributed by atoms with van der Waals surface area (Å²) in [6.45, 7) is 10.4. The number of aromatic nitrogens is 1. The van der Waals surface area contributed by atoms with Gasteiger partial charge in [0, 0.05) is 24.4 Å². The molecule has 0 amide bonds. The summed E-state index contributed by atoms with van der Waals surface area (Å²) in [5, 5.41) is 3.28. The monoisotopic (exact) mass is 284 g/mol. The minimum atomic E-state index is 0.0432. The van der Waals surface area contributed by atoms with Gasteiger partial charge in [-0.3, -0.25) is 0 Å². The first-order valence-corrected chi connectivity index (χ1v) is 7.43. The lowest BCUT2D eigenvalue weighted by Gasteiger charge is -2.22. The highest BCUT2D eigenvalue weighted by atomic mass is 16.5. The second-order valence-electron chi connectivity index (χ2n) is 6.13. The van der Waals surface area contributed by atoms with Crippen molar-refractivity contribution in [1.29, 1.82) is 0 Å². The van der Waals surface area contributed by atoms with Crippen molar-refractivity contribution >= 4 is 0 Å². The van der Waals surface area contributed by atoms with Crippen molar-refractivity contribution in [2.45, 2.75) is 39.7 Å². The van der Waals surface area contributed by atoms with E-state index in [0.29, 0.717) is 5.88 Å². The number of para-hydroxylation sites is 1. The van der Waals surface area contributed by atoms with Gasteiger partial charge in [-0.1, -0.05) is 52.0 Å². The molecule has 0 unspecified atom stereocenters. The van der Waals surface area contributed by atoms with Crippen LogP contribution in [0.4, 0.5) is 0 Å². The fourth-order valence-corrected chi connectivity index (χ4v) is 2.13. The lowest BCUT2D eigenvalue weighted by Crippen LogP contribution is -2.13. The van der Waals surface area contributed by atoms with Crippen molar-refractivity contribution in [2.24, 2.45) is 0 Å². The van der Waals surface area contributed by atoms with E-state index >= 15 is 0 Å². The predicted molar refractivity (Wildman–Crippen MR) is 86.8 cm³/mol. The number of nitrogens with zero attached hydrogens (tertiary/aromatic N) is 1. The number of hydrogen-bond acceptors (Lipinski definition) is 3. The molecule has 0 aliphatic carbocycles. The number of benzene rings is 1. The summed E-state index contributed by atoms with van der Waals surface area (Å²) < 4.78 is 5.96. The summed E-state index contributed by atoms with van der Waals surface area (Å²) in [5.41, 5.74) is 2.39. The molecule has 0 fully saturated rings. The van der Waals surface area contributed by atoms with Gasteiger partial charge in [-0.2, -0.15) is 0 Å². The zero-order chi connectivity index (χ0) is 15.3. The molecule has 0 saturated carbocycles. The van der Waals surface area contributed by atoms with Gasteiger partial charge in [-0.25, -0.2) is 4.98 Å². The van der Waals surface area contributed by atoms with Crippen LogP contribution in [-0.2, 0) is 12.0 Å². The largest absolute Gasteiger partial charge is 0.439 e. The van der Waals surface area contributed by atoms with E-state index in [1.165, 1.54) is 5.56 Å². The third-order valence-corrected chi connectivity index (χ3v) is 3.29. The van der Waals surface area contributed by atoms with Crippen molar-refractivity contribution in [2.75, 3.05) is 6.54 Å². The third-order valence-electron chi connectivity index (χ3n) is 3.29. The van der Waals surface area contributed by atoms with E-state index in [9.17, 15) is 0 Å². The molecule has 2 rings (SSSR count). The van der Waals surface area contributed by atoms with Crippen LogP contribution in [0.5, 0.6) is 11.6 Å². The summed E-state index contributed by atoms with van der Waals surface area (Å²) in [5.74, 6) is 1.50. The van der Waals surface area contributed by atoms with Crippen molar-refractivity contribution in [3.8, 4) is 11.6 Å². The van der Waals surface area contributed by atoms with Gasteiger partial charge in [0.05, 0.1) is 0 Å². The summed E-state index contributed by atoms with van der Waals surface area (Å²) in [6, 6.07) is 12.1. The van der Waals surface area contributed by atoms with Crippen LogP contribution in [0.25, 0.3) is 0 Å². The van der Waals surface area contributed by atoms with E-state index in [1.807, 2.05) is 36.5 Å². The van der Waals surface area contributed by atoms with Crippen LogP contribution in [0.1, 0.15) is 38.8 Å². The molecule has 0 saturated heterocycles. The maximum atomic E-state index is 5.96. The average Bonchev–Trinajstić information content (AvgIpc) is 2.46. The van der Waals surface area contributed by atoms with Gasteiger partial charge < -0.3 is 10.1 Å². The molecule has 0 radical (unpaired) electrons. The normalized spacial score (nSPS) is 11.4. The lowest BCUT2D eigenvalue weighted by atomic mass is 9.86. The molecule has 112 valence electrons. The molecule has 3 heteroatoms. The van der Waals surface area contributed by atoms with Crippen molar-refractivity contribution in [3.05, 3.63) is 53.7 Å². The summed E-state index contributed by atoms with van der Waals surface area (Å²) in [4.78, 5) is 4.39. The van der Waals surface area contributed by atoms with Gasteiger partial charge in [0.25, 0.3) is 0 Å². The molecule has 0 aliphatic rings. The van der Waals surface area contributed by atoms with E-state index in [4.69, 9.17) is 4.74 Å². The Balaban J connectivity index is 2.15. The second-order valence-corrected chi connectivity index (χ2v) is 6.13. The number of nitrogens with one attached hydrogen (secondary N) is 1. The summed E-state index contributed by atoms with van der Waals surface area (Å²) in [7, 11) is 0. The first-order chi connectivity index (χ1) is 10.0. The van der Waals surface area contributed by atoms with Gasteiger partial charge in [-0.05, 0) is 23.6 Å². The molecule has 0 atom stereocenters. The van der Waals surface area contributed by atoms with Crippen LogP contribution in [0.2, 0.25) is 0 Å². The Morgan fingerprint density at radius 3 is 2.48 bits per heavy atom. The highest BCUT2D eigenvalue weighted by Crippen LogP contribution is 2.33. The van der Waals surface area contributed by atoms with Gasteiger partial charge in [-0.15, -0.1) is 0 Å². The minimum Gasteiger partial charge on any atom is -0.439 e. The zero-order valence-electron chi connectivity index (χ0n) is 13.3. The molecule has 0 bridgehead atoms. The SMILES string of the molecule is CCNCc1ccc(Oc2ccccc2C(C)(C)C)nc1. The summed E-state index contributed by atoms with van der Waals surface area (Å²) in [6.07, 6.45) is 1.86. The summed E-state index contributed by atoms with van der Waals surface area (Å²) >= 11 is 0. The van der Waals surface area contributed by atoms with Gasteiger partial charge >= 0.3 is 0 Å². The second kappa shape index (κ2) is 6.72. The van der Waals surface area contributed by atoms with Crippen LogP contribution in [0, 0.1) is 0 Å². The molecule has 3 nitrogen and oxygen atoms in total. The van der Waals surface area contributed by atoms with Crippen LogP contribution in [-0.4, -0.2) is 11.5 Å². The van der Waals surface area contributed by atoms with Crippen LogP contribution in [0.3, 0.4) is 0 Å². The Bertz CT molecular complexity index is 571. The lowest BCUT2D eigenvalue weighted by molar-refractivity contribution is 0.439. The maximum Gasteiger partial charge on any atom is 0.219 e. The molecule has 2 aromatic rings. The number of hydrogen-bond donors (Lipinski definition) is 1. The quantitative estimate of drug-likeness (QED) is 0.889. The Morgan fingerprint density at radius 2 is 1.86 bits per heavy atom. The van der Waals surface area contributed by atoms with Crippen LogP contribution in [0.15, 0.2) is 42.6 Å². The van der Waals surface area contributed by atoms with E-state index in [-0.39, 0.29) is 5.41 Å². The van der Waals surface area contributed by atoms with Crippen molar-refractivity contribution in [3.63, 3.8) is 0 Å². The van der Waals surface area contributed by atoms with Gasteiger partial charge in [0.15, 0.2) is 0 Å². The fourth-order valence-electron chi connectivity index (χ4n) is 2.13. The standard InChI is InChI=1S/C18H24N2O/c1-5-19-12-14-10-11-17(20-13-14)21-16-9-7-6-8-15(16)18(2,3)4/h6-11,13,19H,5,12H2,1-4H3. The minimum absolute atomic E-state index is 0.0432. The smallest absolute Gasteiger partial charge is 0.219 e. The van der Waals surface area contributed by atoms with Crippen LogP contribution < -0.4 is 10.1 Å². The third kappa shape index (κ3) is 4.30. The fraction of sp³-hybridized carbons (Fsp3) is 0.389. The Labute approximate surface area is 127 Å². The van der Waals surface area contributed by atoms with E-state index in [2.05, 4.69) is 44.1 Å². The van der Waals surface area contributed by atoms with Gasteiger partial charge in [0.1, 0.15) is 5.75 Å². The predicted octanol–water partition coefficient (Wildman–Crippen LogP) is 4.28. The Kier molecular flexibility index (Phi) is 4.97. The first-order valence-electron chi connectivity index (χ1n) is 7.43. The topological polar surface area (TPSA) is 34.1 Å². The van der Waals surface area contributed by atoms with E-state index in [1.54, 1.807) is 0 Å². The molecule has 1 heterocycles. The average molecular weight is 284 g/mol. The first kappa shape index (κ1) is 15.5. The molecule has 1 N–H and O–H groups in total. The van der Waals surface area contributed by atoms with Gasteiger partial charge in [0.2, 0.25) is 5.88 Å². The molecule has 0 spiro atoms. The molecule has 21 heavy (non-hydrogen) atoms. The van der Waals surface area contributed by atoms with Crippen molar-refractivity contribution < 1.29 is 4.74 Å². The molecular weight excluding hydrogens is 260 g/mol. The number of ether oxygens (including phenoxy) is 1. The number of rotatable bonds is 5. The van der Waals surface area contributed by atoms with Crippen molar-refractivity contribution in [1.82, 2.24) is 10.3 Å². The number of pyridine rings is 1. The highest BCUT2D eigenvalue weighted by Gasteiger charge is 2.18.